The first-order chi connectivity index (χ1) is 11.1. The lowest BCUT2D eigenvalue weighted by Crippen LogP contribution is -2.52. The minimum atomic E-state index is -0.000292. The Morgan fingerprint density at radius 1 is 1.35 bits per heavy atom. The Hall–Kier alpha value is -2.35. The number of rotatable bonds is 4. The molecule has 0 radical (unpaired) electrons. The number of carbonyl (C=O) groups excluding carboxylic acids is 1. The fourth-order valence-corrected chi connectivity index (χ4v) is 2.47. The van der Waals surface area contributed by atoms with E-state index in [0.29, 0.717) is 31.3 Å². The molecule has 0 aliphatic carbocycles. The molecule has 2 amide bonds. The van der Waals surface area contributed by atoms with Gasteiger partial charge in [-0.15, -0.1) is 0 Å². The smallest absolute Gasteiger partial charge is 0.317 e. The first kappa shape index (κ1) is 15.5. The van der Waals surface area contributed by atoms with Crippen molar-refractivity contribution in [2.75, 3.05) is 26.2 Å². The molecule has 0 bridgehead atoms. The van der Waals surface area contributed by atoms with Crippen LogP contribution in [0.5, 0.6) is 0 Å². The summed E-state index contributed by atoms with van der Waals surface area (Å²) in [6, 6.07) is 1.95. The Morgan fingerprint density at radius 2 is 2.13 bits per heavy atom. The maximum absolute atomic E-state index is 12.0. The lowest BCUT2D eigenvalue weighted by Gasteiger charge is -2.34. The zero-order valence-electron chi connectivity index (χ0n) is 13.4. The fourth-order valence-electron chi connectivity index (χ4n) is 2.47. The zero-order valence-corrected chi connectivity index (χ0v) is 13.4. The summed E-state index contributed by atoms with van der Waals surface area (Å²) < 4.78 is 10.3. The van der Waals surface area contributed by atoms with Crippen LogP contribution >= 0.6 is 0 Å². The predicted molar refractivity (Wildman–Crippen MR) is 82.5 cm³/mol. The number of nitrogens with zero attached hydrogens (tertiary/aromatic N) is 4. The molecule has 3 rings (SSSR count). The largest absolute Gasteiger partial charge is 0.472 e. The maximum Gasteiger partial charge on any atom is 0.317 e. The summed E-state index contributed by atoms with van der Waals surface area (Å²) in [6.07, 6.45) is 3.16. The quantitative estimate of drug-likeness (QED) is 0.920. The number of piperazine rings is 1. The van der Waals surface area contributed by atoms with E-state index in [1.54, 1.807) is 18.6 Å². The van der Waals surface area contributed by atoms with Gasteiger partial charge in [0.15, 0.2) is 0 Å². The van der Waals surface area contributed by atoms with Crippen LogP contribution in [0, 0.1) is 0 Å². The molecule has 1 N–H and O–H groups in total. The van der Waals surface area contributed by atoms with Crippen LogP contribution < -0.4 is 5.32 Å². The van der Waals surface area contributed by atoms with Crippen LogP contribution in [0.2, 0.25) is 0 Å². The van der Waals surface area contributed by atoms with E-state index in [2.05, 4.69) is 20.4 Å². The molecule has 124 valence electrons. The molecule has 0 saturated carbocycles. The van der Waals surface area contributed by atoms with Gasteiger partial charge in [0.2, 0.25) is 11.7 Å². The Kier molecular flexibility index (Phi) is 4.61. The third-order valence-electron chi connectivity index (χ3n) is 3.68. The molecule has 1 aliphatic rings. The van der Waals surface area contributed by atoms with E-state index >= 15 is 0 Å². The van der Waals surface area contributed by atoms with Gasteiger partial charge in [0.25, 0.3) is 0 Å². The van der Waals surface area contributed by atoms with E-state index in [-0.39, 0.29) is 12.1 Å². The summed E-state index contributed by atoms with van der Waals surface area (Å²) >= 11 is 0. The van der Waals surface area contributed by atoms with Crippen molar-refractivity contribution in [1.82, 2.24) is 25.3 Å². The number of hydrogen-bond donors (Lipinski definition) is 1. The molecule has 0 aromatic carbocycles. The van der Waals surface area contributed by atoms with Gasteiger partial charge in [-0.25, -0.2) is 4.79 Å². The summed E-state index contributed by atoms with van der Waals surface area (Å²) in [5.74, 6) is 1.10. The van der Waals surface area contributed by atoms with Gasteiger partial charge in [-0.2, -0.15) is 4.98 Å². The average molecular weight is 319 g/mol. The third-order valence-corrected chi connectivity index (χ3v) is 3.68. The monoisotopic (exact) mass is 319 g/mol. The second-order valence-corrected chi connectivity index (χ2v) is 5.89. The maximum atomic E-state index is 12.0. The molecular weight excluding hydrogens is 298 g/mol. The van der Waals surface area contributed by atoms with Gasteiger partial charge in [0.05, 0.1) is 18.4 Å². The van der Waals surface area contributed by atoms with E-state index in [1.807, 2.05) is 18.7 Å². The van der Waals surface area contributed by atoms with Crippen molar-refractivity contribution in [1.29, 1.82) is 0 Å². The third kappa shape index (κ3) is 3.89. The molecule has 2 aromatic rings. The van der Waals surface area contributed by atoms with Gasteiger partial charge in [0, 0.05) is 32.2 Å². The molecule has 23 heavy (non-hydrogen) atoms. The molecule has 1 saturated heterocycles. The topological polar surface area (TPSA) is 87.6 Å². The molecule has 1 aliphatic heterocycles. The molecule has 2 aromatic heterocycles. The van der Waals surface area contributed by atoms with Crippen LogP contribution in [0.15, 0.2) is 27.5 Å². The SMILES string of the molecule is CC(C)NC(=O)N1CCN(Cc2nc(-c3ccoc3)no2)CC1. The van der Waals surface area contributed by atoms with E-state index < -0.39 is 0 Å². The van der Waals surface area contributed by atoms with Crippen LogP contribution in [-0.4, -0.2) is 58.2 Å². The van der Waals surface area contributed by atoms with Crippen molar-refractivity contribution in [3.05, 3.63) is 24.5 Å². The van der Waals surface area contributed by atoms with Crippen LogP contribution in [0.3, 0.4) is 0 Å². The number of amides is 2. The molecule has 8 heteroatoms. The lowest BCUT2D eigenvalue weighted by molar-refractivity contribution is 0.125. The molecule has 0 unspecified atom stereocenters. The van der Waals surface area contributed by atoms with E-state index in [4.69, 9.17) is 8.94 Å². The van der Waals surface area contributed by atoms with Gasteiger partial charge in [-0.3, -0.25) is 4.90 Å². The van der Waals surface area contributed by atoms with Gasteiger partial charge >= 0.3 is 6.03 Å². The molecule has 8 nitrogen and oxygen atoms in total. The lowest BCUT2D eigenvalue weighted by atomic mass is 10.3. The highest BCUT2D eigenvalue weighted by atomic mass is 16.5. The number of aromatic nitrogens is 2. The van der Waals surface area contributed by atoms with Crippen molar-refractivity contribution in [2.45, 2.75) is 26.4 Å². The molecule has 1 fully saturated rings. The van der Waals surface area contributed by atoms with Gasteiger partial charge in [-0.05, 0) is 19.9 Å². The van der Waals surface area contributed by atoms with Crippen LogP contribution in [-0.2, 0) is 6.54 Å². The zero-order chi connectivity index (χ0) is 16.2. The van der Waals surface area contributed by atoms with Crippen LogP contribution in [0.4, 0.5) is 4.79 Å². The Balaban J connectivity index is 1.50. The van der Waals surface area contributed by atoms with Crippen molar-refractivity contribution < 1.29 is 13.7 Å². The molecule has 0 atom stereocenters. The molecular formula is C15H21N5O3. The van der Waals surface area contributed by atoms with E-state index in [1.165, 1.54) is 0 Å². The van der Waals surface area contributed by atoms with Crippen molar-refractivity contribution >= 4 is 6.03 Å². The van der Waals surface area contributed by atoms with Crippen molar-refractivity contribution in [3.63, 3.8) is 0 Å². The highest BCUT2D eigenvalue weighted by Crippen LogP contribution is 2.16. The fraction of sp³-hybridized carbons (Fsp3) is 0.533. The Bertz CT molecular complexity index is 629. The predicted octanol–water partition coefficient (Wildman–Crippen LogP) is 1.57. The average Bonchev–Trinajstić information content (AvgIpc) is 3.18. The first-order valence-corrected chi connectivity index (χ1v) is 7.75. The van der Waals surface area contributed by atoms with E-state index in [9.17, 15) is 4.79 Å². The molecule has 0 spiro atoms. The summed E-state index contributed by atoms with van der Waals surface area (Å²) in [6.45, 7) is 7.47. The number of carbonyl (C=O) groups is 1. The number of urea groups is 1. The minimum Gasteiger partial charge on any atom is -0.472 e. The minimum absolute atomic E-state index is 0.000292. The molecule has 3 heterocycles. The van der Waals surface area contributed by atoms with Crippen LogP contribution in [0.1, 0.15) is 19.7 Å². The summed E-state index contributed by atoms with van der Waals surface area (Å²) in [5.41, 5.74) is 0.801. The summed E-state index contributed by atoms with van der Waals surface area (Å²) in [7, 11) is 0. The standard InChI is InChI=1S/C15H21N5O3/c1-11(2)16-15(21)20-6-4-19(5-7-20)9-13-17-14(18-23-13)12-3-8-22-10-12/h3,8,10-11H,4-7,9H2,1-2H3,(H,16,21). The normalized spacial score (nSPS) is 16.0. The van der Waals surface area contributed by atoms with E-state index in [0.717, 1.165) is 18.7 Å². The number of nitrogens with one attached hydrogen (secondary N) is 1. The second kappa shape index (κ2) is 6.82. The second-order valence-electron chi connectivity index (χ2n) is 5.89. The number of furan rings is 1. The van der Waals surface area contributed by atoms with Crippen molar-refractivity contribution in [3.8, 4) is 11.4 Å². The van der Waals surface area contributed by atoms with Crippen molar-refractivity contribution in [2.24, 2.45) is 0 Å². The van der Waals surface area contributed by atoms with Gasteiger partial charge in [-0.1, -0.05) is 5.16 Å². The van der Waals surface area contributed by atoms with Crippen LogP contribution in [0.25, 0.3) is 11.4 Å². The Morgan fingerprint density at radius 3 is 2.78 bits per heavy atom. The first-order valence-electron chi connectivity index (χ1n) is 7.75. The summed E-state index contributed by atoms with van der Waals surface area (Å²) in [4.78, 5) is 20.4. The highest BCUT2D eigenvalue weighted by Gasteiger charge is 2.23. The van der Waals surface area contributed by atoms with Gasteiger partial charge < -0.3 is 19.2 Å². The number of hydrogen-bond acceptors (Lipinski definition) is 6. The van der Waals surface area contributed by atoms with Gasteiger partial charge in [0.1, 0.15) is 6.26 Å². The Labute approximate surface area is 134 Å². The summed E-state index contributed by atoms with van der Waals surface area (Å²) in [5, 5.41) is 6.87. The highest BCUT2D eigenvalue weighted by molar-refractivity contribution is 5.74.